The summed E-state index contributed by atoms with van der Waals surface area (Å²) in [5, 5.41) is 11.1. The van der Waals surface area contributed by atoms with Crippen molar-refractivity contribution in [3.63, 3.8) is 0 Å². The molecule has 136 valence electrons. The van der Waals surface area contributed by atoms with Crippen molar-refractivity contribution in [3.05, 3.63) is 74.6 Å². The van der Waals surface area contributed by atoms with E-state index in [1.807, 2.05) is 0 Å². The minimum atomic E-state index is -0.494. The van der Waals surface area contributed by atoms with Gasteiger partial charge in [0, 0.05) is 30.4 Å². The molecule has 0 atom stereocenters. The molecule has 1 aliphatic heterocycles. The summed E-state index contributed by atoms with van der Waals surface area (Å²) in [5.74, 6) is -0.820. The maximum atomic E-state index is 13.3. The highest BCUT2D eigenvalue weighted by molar-refractivity contribution is 5.95. The fourth-order valence-corrected chi connectivity index (χ4v) is 3.24. The summed E-state index contributed by atoms with van der Waals surface area (Å²) in [6.45, 7) is 0.159. The van der Waals surface area contributed by atoms with Gasteiger partial charge in [-0.3, -0.25) is 24.3 Å². The molecule has 9 heteroatoms. The van der Waals surface area contributed by atoms with Crippen molar-refractivity contribution in [2.24, 2.45) is 0 Å². The molecule has 1 aliphatic rings. The quantitative estimate of drug-likeness (QED) is 0.520. The van der Waals surface area contributed by atoms with E-state index < -0.39 is 16.3 Å². The standard InChI is InChI=1S/C18H13FN4O4/c19-12-1-3-14-15(8-12)20-10-21(18(14)25)9-17(24)22-6-5-11-7-13(23(26)27)2-4-16(11)22/h1-4,7-8,10H,5-6,9H2. The Hall–Kier alpha value is -3.62. The first-order valence-electron chi connectivity index (χ1n) is 8.16. The number of carbonyl (C=O) groups excluding carboxylic acids is 1. The van der Waals surface area contributed by atoms with Gasteiger partial charge in [0.05, 0.1) is 22.2 Å². The molecular weight excluding hydrogens is 355 g/mol. The zero-order valence-corrected chi connectivity index (χ0v) is 14.0. The Kier molecular flexibility index (Phi) is 3.91. The van der Waals surface area contributed by atoms with Crippen LogP contribution in [-0.2, 0) is 17.8 Å². The fourth-order valence-electron chi connectivity index (χ4n) is 3.24. The Morgan fingerprint density at radius 3 is 2.85 bits per heavy atom. The third kappa shape index (κ3) is 2.92. The highest BCUT2D eigenvalue weighted by Crippen LogP contribution is 2.31. The number of nitrogens with zero attached hydrogens (tertiary/aromatic N) is 4. The number of carbonyl (C=O) groups is 1. The number of halogens is 1. The van der Waals surface area contributed by atoms with Gasteiger partial charge in [-0.25, -0.2) is 9.37 Å². The largest absolute Gasteiger partial charge is 0.310 e. The number of aromatic nitrogens is 2. The van der Waals surface area contributed by atoms with Crippen molar-refractivity contribution in [1.82, 2.24) is 9.55 Å². The minimum Gasteiger partial charge on any atom is -0.310 e. The van der Waals surface area contributed by atoms with Gasteiger partial charge >= 0.3 is 0 Å². The first kappa shape index (κ1) is 16.8. The van der Waals surface area contributed by atoms with E-state index in [1.54, 1.807) is 6.07 Å². The zero-order valence-electron chi connectivity index (χ0n) is 14.0. The van der Waals surface area contributed by atoms with Gasteiger partial charge in [-0.2, -0.15) is 0 Å². The summed E-state index contributed by atoms with van der Waals surface area (Å²) < 4.78 is 14.4. The predicted octanol–water partition coefficient (Wildman–Crippen LogP) is 2.03. The van der Waals surface area contributed by atoms with E-state index in [2.05, 4.69) is 4.98 Å². The number of fused-ring (bicyclic) bond motifs is 2. The number of nitro groups is 1. The molecule has 4 rings (SSSR count). The van der Waals surface area contributed by atoms with Crippen molar-refractivity contribution in [3.8, 4) is 0 Å². The highest BCUT2D eigenvalue weighted by atomic mass is 19.1. The number of hydrogen-bond donors (Lipinski definition) is 0. The third-order valence-corrected chi connectivity index (χ3v) is 4.56. The first-order chi connectivity index (χ1) is 12.9. The van der Waals surface area contributed by atoms with E-state index in [4.69, 9.17) is 0 Å². The van der Waals surface area contributed by atoms with E-state index in [1.165, 1.54) is 40.1 Å². The van der Waals surface area contributed by atoms with Gasteiger partial charge in [-0.1, -0.05) is 0 Å². The molecule has 0 unspecified atom stereocenters. The van der Waals surface area contributed by atoms with Crippen molar-refractivity contribution in [2.75, 3.05) is 11.4 Å². The number of amides is 1. The molecular formula is C18H13FN4O4. The van der Waals surface area contributed by atoms with Gasteiger partial charge in [0.25, 0.3) is 11.2 Å². The molecule has 0 spiro atoms. The summed E-state index contributed by atoms with van der Waals surface area (Å²) in [7, 11) is 0. The van der Waals surface area contributed by atoms with Gasteiger partial charge < -0.3 is 4.90 Å². The molecule has 8 nitrogen and oxygen atoms in total. The van der Waals surface area contributed by atoms with Crippen LogP contribution in [0.4, 0.5) is 15.8 Å². The van der Waals surface area contributed by atoms with E-state index in [0.717, 1.165) is 11.6 Å². The molecule has 0 saturated carbocycles. The van der Waals surface area contributed by atoms with E-state index >= 15 is 0 Å². The molecule has 27 heavy (non-hydrogen) atoms. The van der Waals surface area contributed by atoms with Crippen molar-refractivity contribution in [1.29, 1.82) is 0 Å². The fraction of sp³-hybridized carbons (Fsp3) is 0.167. The van der Waals surface area contributed by atoms with Gasteiger partial charge in [0.15, 0.2) is 0 Å². The van der Waals surface area contributed by atoms with Gasteiger partial charge in [0.1, 0.15) is 12.4 Å². The van der Waals surface area contributed by atoms with Crippen LogP contribution in [0.5, 0.6) is 0 Å². The molecule has 2 heterocycles. The van der Waals surface area contributed by atoms with Crippen LogP contribution < -0.4 is 10.5 Å². The Balaban J connectivity index is 1.62. The average molecular weight is 368 g/mol. The molecule has 1 aromatic heterocycles. The number of rotatable bonds is 3. The molecule has 1 amide bonds. The van der Waals surface area contributed by atoms with Crippen molar-refractivity contribution in [2.45, 2.75) is 13.0 Å². The summed E-state index contributed by atoms with van der Waals surface area (Å²) in [6, 6.07) is 8.02. The van der Waals surface area contributed by atoms with E-state index in [9.17, 15) is 24.1 Å². The van der Waals surface area contributed by atoms with Crippen LogP contribution in [0.3, 0.4) is 0 Å². The topological polar surface area (TPSA) is 98.3 Å². The normalized spacial score (nSPS) is 13.0. The van der Waals surface area contributed by atoms with Crippen LogP contribution in [0, 0.1) is 15.9 Å². The number of benzene rings is 2. The summed E-state index contributed by atoms with van der Waals surface area (Å²) >= 11 is 0. The maximum Gasteiger partial charge on any atom is 0.269 e. The first-order valence-corrected chi connectivity index (χ1v) is 8.16. The zero-order chi connectivity index (χ0) is 19.1. The molecule has 3 aromatic rings. The van der Waals surface area contributed by atoms with Gasteiger partial charge in [0.2, 0.25) is 5.91 Å². The second-order valence-electron chi connectivity index (χ2n) is 6.20. The predicted molar refractivity (Wildman–Crippen MR) is 95.1 cm³/mol. The Bertz CT molecular complexity index is 1160. The molecule has 0 fully saturated rings. The van der Waals surface area contributed by atoms with Gasteiger partial charge in [-0.05, 0) is 30.2 Å². The summed E-state index contributed by atoms with van der Waals surface area (Å²) in [6.07, 6.45) is 1.72. The third-order valence-electron chi connectivity index (χ3n) is 4.56. The monoisotopic (exact) mass is 368 g/mol. The van der Waals surface area contributed by atoms with E-state index in [-0.39, 0.29) is 29.0 Å². The molecule has 2 aromatic carbocycles. The molecule has 0 radical (unpaired) electrons. The summed E-state index contributed by atoms with van der Waals surface area (Å²) in [5.41, 5.74) is 1.09. The molecule has 0 saturated heterocycles. The molecule has 0 aliphatic carbocycles. The number of hydrogen-bond acceptors (Lipinski definition) is 5. The number of anilines is 1. The lowest BCUT2D eigenvalue weighted by atomic mass is 10.1. The lowest BCUT2D eigenvalue weighted by Crippen LogP contribution is -2.35. The second kappa shape index (κ2) is 6.27. The average Bonchev–Trinajstić information content (AvgIpc) is 3.07. The Morgan fingerprint density at radius 2 is 2.07 bits per heavy atom. The van der Waals surface area contributed by atoms with Crippen LogP contribution in [0.25, 0.3) is 10.9 Å². The van der Waals surface area contributed by atoms with E-state index in [0.29, 0.717) is 18.7 Å². The lowest BCUT2D eigenvalue weighted by molar-refractivity contribution is -0.384. The van der Waals surface area contributed by atoms with Gasteiger partial charge in [-0.15, -0.1) is 0 Å². The van der Waals surface area contributed by atoms with Crippen molar-refractivity contribution >= 4 is 28.2 Å². The second-order valence-corrected chi connectivity index (χ2v) is 6.20. The SMILES string of the molecule is O=C(Cn1cnc2cc(F)ccc2c1=O)N1CCc2cc([N+](=O)[O-])ccc21. The van der Waals surface area contributed by atoms with Crippen LogP contribution in [0.15, 0.2) is 47.5 Å². The summed E-state index contributed by atoms with van der Waals surface area (Å²) in [4.78, 5) is 41.1. The molecule has 0 N–H and O–H groups in total. The number of nitro benzene ring substituents is 1. The van der Waals surface area contributed by atoms with Crippen LogP contribution in [0.1, 0.15) is 5.56 Å². The van der Waals surface area contributed by atoms with Crippen LogP contribution in [-0.4, -0.2) is 26.9 Å². The van der Waals surface area contributed by atoms with Crippen LogP contribution in [0.2, 0.25) is 0 Å². The molecule has 0 bridgehead atoms. The highest BCUT2D eigenvalue weighted by Gasteiger charge is 2.26. The number of non-ortho nitro benzene ring substituents is 1. The van der Waals surface area contributed by atoms with Crippen LogP contribution >= 0.6 is 0 Å². The lowest BCUT2D eigenvalue weighted by Gasteiger charge is -2.18. The Morgan fingerprint density at radius 1 is 1.26 bits per heavy atom. The smallest absolute Gasteiger partial charge is 0.269 e. The maximum absolute atomic E-state index is 13.3. The minimum absolute atomic E-state index is 0.0229. The van der Waals surface area contributed by atoms with Crippen molar-refractivity contribution < 1.29 is 14.1 Å². The Labute approximate surface area is 151 Å².